The molecule has 0 aliphatic heterocycles. The summed E-state index contributed by atoms with van der Waals surface area (Å²) in [6.07, 6.45) is -4.76. The zero-order valence-electron chi connectivity index (χ0n) is 10.9. The van der Waals surface area contributed by atoms with E-state index in [9.17, 15) is 18.0 Å². The van der Waals surface area contributed by atoms with Gasteiger partial charge in [0.15, 0.2) is 0 Å². The van der Waals surface area contributed by atoms with Crippen LogP contribution in [-0.4, -0.2) is 12.3 Å². The summed E-state index contributed by atoms with van der Waals surface area (Å²) in [6.45, 7) is 3.46. The lowest BCUT2D eigenvalue weighted by Crippen LogP contribution is -2.25. The van der Waals surface area contributed by atoms with Gasteiger partial charge in [-0.1, -0.05) is 13.8 Å². The molecule has 0 radical (unpaired) electrons. The van der Waals surface area contributed by atoms with Gasteiger partial charge < -0.3 is 10.1 Å². The molecule has 0 bridgehead atoms. The second-order valence-electron chi connectivity index (χ2n) is 4.41. The van der Waals surface area contributed by atoms with Crippen LogP contribution in [0.2, 0.25) is 0 Å². The zero-order chi connectivity index (χ0) is 15.3. The Balaban J connectivity index is 2.71. The van der Waals surface area contributed by atoms with Crippen LogP contribution in [0, 0.1) is 23.2 Å². The van der Waals surface area contributed by atoms with E-state index in [2.05, 4.69) is 10.1 Å². The van der Waals surface area contributed by atoms with Gasteiger partial charge in [0.25, 0.3) is 0 Å². The number of carbonyl (C=O) groups is 1. The van der Waals surface area contributed by atoms with Crippen LogP contribution < -0.4 is 10.1 Å². The molecule has 7 heteroatoms. The summed E-state index contributed by atoms with van der Waals surface area (Å²) in [7, 11) is 0. The Kier molecular flexibility index (Phi) is 4.97. The number of alkyl halides is 3. The molecule has 1 N–H and O–H groups in total. The molecule has 4 nitrogen and oxygen atoms in total. The first kappa shape index (κ1) is 15.8. The molecule has 20 heavy (non-hydrogen) atoms. The normalized spacial score (nSPS) is 12.7. The van der Waals surface area contributed by atoms with Crippen LogP contribution in [0.1, 0.15) is 13.8 Å². The third-order valence-electron chi connectivity index (χ3n) is 2.44. The smallest absolute Gasteiger partial charge is 0.406 e. The number of amides is 1. The van der Waals surface area contributed by atoms with Gasteiger partial charge in [0.2, 0.25) is 5.91 Å². The number of rotatable bonds is 4. The standard InChI is InChI=1S/C13H13F3N2O2/c1-8(2)11(7-17)12(19)18-9-3-5-10(6-4-9)20-13(14,15)16/h3-6,8,11H,1-2H3,(H,18,19). The van der Waals surface area contributed by atoms with Crippen molar-refractivity contribution >= 4 is 11.6 Å². The molecule has 0 saturated heterocycles. The summed E-state index contributed by atoms with van der Waals surface area (Å²) in [5.41, 5.74) is 0.297. The van der Waals surface area contributed by atoms with Crippen LogP contribution in [0.15, 0.2) is 24.3 Å². The predicted octanol–water partition coefficient (Wildman–Crippen LogP) is 3.32. The average molecular weight is 286 g/mol. The van der Waals surface area contributed by atoms with Crippen molar-refractivity contribution in [2.24, 2.45) is 11.8 Å². The van der Waals surface area contributed by atoms with E-state index in [1.165, 1.54) is 12.1 Å². The van der Waals surface area contributed by atoms with Gasteiger partial charge in [-0.15, -0.1) is 13.2 Å². The van der Waals surface area contributed by atoms with E-state index in [0.29, 0.717) is 5.69 Å². The first-order valence-electron chi connectivity index (χ1n) is 5.79. The molecular formula is C13H13F3N2O2. The maximum absolute atomic E-state index is 12.0. The van der Waals surface area contributed by atoms with Gasteiger partial charge in [-0.05, 0) is 30.2 Å². The fourth-order valence-corrected chi connectivity index (χ4v) is 1.47. The van der Waals surface area contributed by atoms with Crippen molar-refractivity contribution in [3.63, 3.8) is 0 Å². The molecule has 0 aliphatic carbocycles. The first-order chi connectivity index (χ1) is 9.23. The highest BCUT2D eigenvalue weighted by Crippen LogP contribution is 2.24. The van der Waals surface area contributed by atoms with E-state index in [-0.39, 0.29) is 11.7 Å². The molecule has 0 spiro atoms. The molecule has 0 aromatic heterocycles. The van der Waals surface area contributed by atoms with E-state index < -0.39 is 18.2 Å². The van der Waals surface area contributed by atoms with Crippen molar-refractivity contribution in [3.8, 4) is 11.8 Å². The third-order valence-corrected chi connectivity index (χ3v) is 2.44. The number of nitrogens with one attached hydrogen (secondary N) is 1. The average Bonchev–Trinajstić information content (AvgIpc) is 2.30. The predicted molar refractivity (Wildman–Crippen MR) is 65.7 cm³/mol. The van der Waals surface area contributed by atoms with Crippen molar-refractivity contribution in [3.05, 3.63) is 24.3 Å². The van der Waals surface area contributed by atoms with Crippen LogP contribution in [0.4, 0.5) is 18.9 Å². The molecule has 1 rings (SSSR count). The molecule has 0 heterocycles. The molecule has 1 unspecified atom stereocenters. The highest BCUT2D eigenvalue weighted by atomic mass is 19.4. The van der Waals surface area contributed by atoms with Gasteiger partial charge in [0.05, 0.1) is 6.07 Å². The Labute approximate surface area is 114 Å². The van der Waals surface area contributed by atoms with Crippen LogP contribution >= 0.6 is 0 Å². The monoisotopic (exact) mass is 286 g/mol. The highest BCUT2D eigenvalue weighted by molar-refractivity contribution is 5.94. The molecule has 1 atom stereocenters. The van der Waals surface area contributed by atoms with Gasteiger partial charge in [0.1, 0.15) is 11.7 Å². The summed E-state index contributed by atoms with van der Waals surface area (Å²) < 4.78 is 39.6. The number of hydrogen-bond acceptors (Lipinski definition) is 3. The molecule has 0 aliphatic rings. The van der Waals surface area contributed by atoms with E-state index in [0.717, 1.165) is 12.1 Å². The lowest BCUT2D eigenvalue weighted by molar-refractivity contribution is -0.274. The van der Waals surface area contributed by atoms with Crippen molar-refractivity contribution in [1.29, 1.82) is 5.26 Å². The minimum Gasteiger partial charge on any atom is -0.406 e. The Morgan fingerprint density at radius 2 is 1.85 bits per heavy atom. The number of benzene rings is 1. The lowest BCUT2D eigenvalue weighted by Gasteiger charge is -2.13. The fraction of sp³-hybridized carbons (Fsp3) is 0.385. The number of nitriles is 1. The van der Waals surface area contributed by atoms with Gasteiger partial charge in [0, 0.05) is 5.69 Å². The van der Waals surface area contributed by atoms with Gasteiger partial charge in [-0.2, -0.15) is 5.26 Å². The molecule has 1 amide bonds. The van der Waals surface area contributed by atoms with Gasteiger partial charge in [-0.25, -0.2) is 0 Å². The van der Waals surface area contributed by atoms with Crippen LogP contribution in [0.5, 0.6) is 5.75 Å². The van der Waals surface area contributed by atoms with E-state index >= 15 is 0 Å². The SMILES string of the molecule is CC(C)C(C#N)C(=O)Nc1ccc(OC(F)(F)F)cc1. The number of nitrogens with zero attached hydrogens (tertiary/aromatic N) is 1. The first-order valence-corrected chi connectivity index (χ1v) is 5.79. The molecular weight excluding hydrogens is 273 g/mol. The minimum absolute atomic E-state index is 0.159. The molecule has 0 saturated carbocycles. The maximum Gasteiger partial charge on any atom is 0.573 e. The zero-order valence-corrected chi connectivity index (χ0v) is 10.9. The van der Waals surface area contributed by atoms with Crippen LogP contribution in [0.3, 0.4) is 0 Å². The number of anilines is 1. The third kappa shape index (κ3) is 4.80. The quantitative estimate of drug-likeness (QED) is 0.923. The van der Waals surface area contributed by atoms with Crippen molar-refractivity contribution in [1.82, 2.24) is 0 Å². The molecule has 1 aromatic carbocycles. The van der Waals surface area contributed by atoms with E-state index in [1.807, 2.05) is 6.07 Å². The number of hydrogen-bond donors (Lipinski definition) is 1. The Morgan fingerprint density at radius 1 is 1.30 bits per heavy atom. The van der Waals surface area contributed by atoms with E-state index in [4.69, 9.17) is 5.26 Å². The van der Waals surface area contributed by atoms with Crippen molar-refractivity contribution in [2.75, 3.05) is 5.32 Å². The second-order valence-corrected chi connectivity index (χ2v) is 4.41. The Bertz CT molecular complexity index is 504. The topological polar surface area (TPSA) is 62.1 Å². The van der Waals surface area contributed by atoms with Gasteiger partial charge in [-0.3, -0.25) is 4.79 Å². The summed E-state index contributed by atoms with van der Waals surface area (Å²) in [4.78, 5) is 11.8. The summed E-state index contributed by atoms with van der Waals surface area (Å²) in [5.74, 6) is -1.85. The summed E-state index contributed by atoms with van der Waals surface area (Å²) >= 11 is 0. The number of carbonyl (C=O) groups excluding carboxylic acids is 1. The summed E-state index contributed by atoms with van der Waals surface area (Å²) in [5, 5.41) is 11.3. The van der Waals surface area contributed by atoms with Crippen LogP contribution in [-0.2, 0) is 4.79 Å². The number of halogens is 3. The Morgan fingerprint density at radius 3 is 2.25 bits per heavy atom. The highest BCUT2D eigenvalue weighted by Gasteiger charge is 2.31. The van der Waals surface area contributed by atoms with E-state index in [1.54, 1.807) is 13.8 Å². The minimum atomic E-state index is -4.76. The maximum atomic E-state index is 12.0. The molecule has 1 aromatic rings. The lowest BCUT2D eigenvalue weighted by atomic mass is 9.96. The van der Waals surface area contributed by atoms with Gasteiger partial charge >= 0.3 is 6.36 Å². The second kappa shape index (κ2) is 6.28. The number of ether oxygens (including phenoxy) is 1. The Hall–Kier alpha value is -2.23. The van der Waals surface area contributed by atoms with Crippen molar-refractivity contribution in [2.45, 2.75) is 20.2 Å². The largest absolute Gasteiger partial charge is 0.573 e. The molecule has 0 fully saturated rings. The van der Waals surface area contributed by atoms with Crippen LogP contribution in [0.25, 0.3) is 0 Å². The molecule has 108 valence electrons. The fourth-order valence-electron chi connectivity index (χ4n) is 1.47. The summed E-state index contributed by atoms with van der Waals surface area (Å²) in [6, 6.07) is 6.59. The van der Waals surface area contributed by atoms with Crippen molar-refractivity contribution < 1.29 is 22.7 Å².